The number of hydrogen-bond donors (Lipinski definition) is 1. The van der Waals surface area contributed by atoms with Crippen molar-refractivity contribution in [3.05, 3.63) is 62.6 Å². The Bertz CT molecular complexity index is 986. The highest BCUT2D eigenvalue weighted by atomic mass is 79.9. The number of rotatable bonds is 3. The summed E-state index contributed by atoms with van der Waals surface area (Å²) in [6, 6.07) is 4.71. The molecule has 0 aliphatic carbocycles. The van der Waals surface area contributed by atoms with Crippen LogP contribution in [0, 0.1) is 6.92 Å². The van der Waals surface area contributed by atoms with Gasteiger partial charge in [-0.15, -0.1) is 0 Å². The highest BCUT2D eigenvalue weighted by Gasteiger charge is 2.37. The summed E-state index contributed by atoms with van der Waals surface area (Å²) in [5, 5.41) is 3.28. The number of aryl methyl sites for hydroxylation is 1. The third kappa shape index (κ3) is 5.39. The normalized spacial score (nSPS) is 16.7. The number of nitrogens with zero attached hydrogens (tertiary/aromatic N) is 1. The number of alkyl halides is 6. The van der Waals surface area contributed by atoms with E-state index in [9.17, 15) is 31.1 Å². The quantitative estimate of drug-likeness (QED) is 0.436. The summed E-state index contributed by atoms with van der Waals surface area (Å²) >= 11 is 3.49. The maximum Gasteiger partial charge on any atom is 0.416 e. The number of amides is 1. The van der Waals surface area contributed by atoms with Crippen LogP contribution in [0.2, 0.25) is 0 Å². The molecular formula is C22H21BrF6N2O. The minimum atomic E-state index is -4.95. The van der Waals surface area contributed by atoms with Crippen LogP contribution in [0.15, 0.2) is 34.8 Å². The Kier molecular flexibility index (Phi) is 6.83. The molecule has 2 aromatic rings. The first-order chi connectivity index (χ1) is 14.8. The Morgan fingerprint density at radius 2 is 1.66 bits per heavy atom. The van der Waals surface area contributed by atoms with E-state index in [0.29, 0.717) is 31.5 Å². The molecule has 1 N–H and O–H groups in total. The summed E-state index contributed by atoms with van der Waals surface area (Å²) in [7, 11) is 0. The van der Waals surface area contributed by atoms with Gasteiger partial charge in [-0.05, 0) is 76.7 Å². The van der Waals surface area contributed by atoms with Crippen molar-refractivity contribution in [1.82, 2.24) is 4.90 Å². The molecule has 1 unspecified atom stereocenters. The number of anilines is 1. The standard InChI is InChI=1S/C22H21BrF6N2O/c1-12-6-17-19(4-3-5-30-20(17)18(23)7-12)31(13(2)32)11-14-8-15(21(24,25)26)10-16(9-14)22(27,28)29/h6-10,19,30H,3-5,11H2,1-2H3. The van der Waals surface area contributed by atoms with Crippen molar-refractivity contribution in [3.8, 4) is 0 Å². The van der Waals surface area contributed by atoms with Gasteiger partial charge in [0.2, 0.25) is 5.91 Å². The van der Waals surface area contributed by atoms with Crippen LogP contribution in [-0.2, 0) is 23.7 Å². The molecule has 0 spiro atoms. The molecule has 0 radical (unpaired) electrons. The lowest BCUT2D eigenvalue weighted by molar-refractivity contribution is -0.143. The van der Waals surface area contributed by atoms with Crippen LogP contribution in [0.25, 0.3) is 0 Å². The van der Waals surface area contributed by atoms with Gasteiger partial charge in [-0.1, -0.05) is 6.07 Å². The lowest BCUT2D eigenvalue weighted by Crippen LogP contribution is -2.33. The number of benzene rings is 2. The van der Waals surface area contributed by atoms with E-state index in [1.54, 1.807) is 0 Å². The van der Waals surface area contributed by atoms with Gasteiger partial charge in [0, 0.05) is 24.5 Å². The van der Waals surface area contributed by atoms with E-state index in [2.05, 4.69) is 21.2 Å². The predicted octanol–water partition coefficient (Wildman–Crippen LogP) is 7.09. The van der Waals surface area contributed by atoms with Gasteiger partial charge >= 0.3 is 12.4 Å². The minimum absolute atomic E-state index is 0.0902. The maximum atomic E-state index is 13.3. The van der Waals surface area contributed by atoms with Crippen molar-refractivity contribution in [2.24, 2.45) is 0 Å². The van der Waals surface area contributed by atoms with Gasteiger partial charge in [0.15, 0.2) is 0 Å². The molecule has 2 aromatic carbocycles. The van der Waals surface area contributed by atoms with E-state index >= 15 is 0 Å². The summed E-state index contributed by atoms with van der Waals surface area (Å²) in [6.45, 7) is 3.38. The van der Waals surface area contributed by atoms with Gasteiger partial charge in [0.05, 0.1) is 22.9 Å². The number of halogens is 7. The fourth-order valence-corrected chi connectivity index (χ4v) is 4.68. The molecule has 174 valence electrons. The van der Waals surface area contributed by atoms with Crippen LogP contribution in [0.4, 0.5) is 32.0 Å². The van der Waals surface area contributed by atoms with Crippen LogP contribution >= 0.6 is 15.9 Å². The van der Waals surface area contributed by atoms with E-state index < -0.39 is 35.4 Å². The largest absolute Gasteiger partial charge is 0.416 e. The van der Waals surface area contributed by atoms with Gasteiger partial charge in [-0.2, -0.15) is 26.3 Å². The Morgan fingerprint density at radius 1 is 1.06 bits per heavy atom. The molecule has 0 saturated carbocycles. The minimum Gasteiger partial charge on any atom is -0.384 e. The van der Waals surface area contributed by atoms with Gasteiger partial charge in [0.1, 0.15) is 0 Å². The molecule has 1 heterocycles. The summed E-state index contributed by atoms with van der Waals surface area (Å²) in [6.07, 6.45) is -8.71. The predicted molar refractivity (Wildman–Crippen MR) is 112 cm³/mol. The van der Waals surface area contributed by atoms with Crippen molar-refractivity contribution in [2.45, 2.75) is 51.6 Å². The number of carbonyl (C=O) groups is 1. The first-order valence-corrected chi connectivity index (χ1v) is 10.7. The summed E-state index contributed by atoms with van der Waals surface area (Å²) in [5.41, 5.74) is -0.573. The van der Waals surface area contributed by atoms with E-state index in [0.717, 1.165) is 21.3 Å². The third-order valence-electron chi connectivity index (χ3n) is 5.36. The van der Waals surface area contributed by atoms with Crippen molar-refractivity contribution >= 4 is 27.5 Å². The van der Waals surface area contributed by atoms with Crippen molar-refractivity contribution in [2.75, 3.05) is 11.9 Å². The van der Waals surface area contributed by atoms with E-state index in [1.807, 2.05) is 19.1 Å². The lowest BCUT2D eigenvalue weighted by atomic mass is 9.96. The fourth-order valence-electron chi connectivity index (χ4n) is 3.95. The lowest BCUT2D eigenvalue weighted by Gasteiger charge is -2.32. The molecule has 32 heavy (non-hydrogen) atoms. The smallest absolute Gasteiger partial charge is 0.384 e. The van der Waals surface area contributed by atoms with Crippen molar-refractivity contribution < 1.29 is 31.1 Å². The van der Waals surface area contributed by atoms with Crippen LogP contribution in [-0.4, -0.2) is 17.4 Å². The molecule has 0 fully saturated rings. The van der Waals surface area contributed by atoms with Crippen LogP contribution in [0.1, 0.15) is 53.6 Å². The molecule has 1 aliphatic rings. The SMILES string of the molecule is CC(=O)N(Cc1cc(C(F)(F)F)cc(C(F)(F)F)c1)C1CCCNc2c(Br)cc(C)cc21. The molecular weight excluding hydrogens is 502 g/mol. The van der Waals surface area contributed by atoms with Gasteiger partial charge in [0.25, 0.3) is 0 Å². The molecule has 0 aromatic heterocycles. The molecule has 0 bridgehead atoms. The zero-order valence-corrected chi connectivity index (χ0v) is 18.9. The average molecular weight is 523 g/mol. The van der Waals surface area contributed by atoms with Gasteiger partial charge < -0.3 is 10.2 Å². The van der Waals surface area contributed by atoms with Crippen molar-refractivity contribution in [3.63, 3.8) is 0 Å². The van der Waals surface area contributed by atoms with Crippen LogP contribution in [0.5, 0.6) is 0 Å². The number of nitrogens with one attached hydrogen (secondary N) is 1. The second-order valence-electron chi connectivity index (χ2n) is 7.86. The Labute approximate surface area is 189 Å². The highest BCUT2D eigenvalue weighted by Crippen LogP contribution is 2.41. The van der Waals surface area contributed by atoms with E-state index in [-0.39, 0.29) is 18.2 Å². The summed E-state index contributed by atoms with van der Waals surface area (Å²) < 4.78 is 80.4. The monoisotopic (exact) mass is 522 g/mol. The molecule has 10 heteroatoms. The fraction of sp³-hybridized carbons (Fsp3) is 0.409. The topological polar surface area (TPSA) is 32.3 Å². The Morgan fingerprint density at radius 3 is 2.19 bits per heavy atom. The van der Waals surface area contributed by atoms with Crippen molar-refractivity contribution in [1.29, 1.82) is 0 Å². The highest BCUT2D eigenvalue weighted by molar-refractivity contribution is 9.10. The molecule has 1 aliphatic heterocycles. The number of hydrogen-bond acceptors (Lipinski definition) is 2. The van der Waals surface area contributed by atoms with Crippen LogP contribution < -0.4 is 5.32 Å². The van der Waals surface area contributed by atoms with E-state index in [4.69, 9.17) is 0 Å². The van der Waals surface area contributed by atoms with Crippen LogP contribution in [0.3, 0.4) is 0 Å². The Balaban J connectivity index is 2.08. The average Bonchev–Trinajstić information content (AvgIpc) is 2.87. The molecule has 3 rings (SSSR count). The van der Waals surface area contributed by atoms with E-state index in [1.165, 1.54) is 11.8 Å². The second kappa shape index (κ2) is 8.96. The molecule has 1 amide bonds. The first kappa shape index (κ1) is 24.4. The third-order valence-corrected chi connectivity index (χ3v) is 5.99. The van der Waals surface area contributed by atoms with Gasteiger partial charge in [-0.25, -0.2) is 0 Å². The number of carbonyl (C=O) groups excluding carboxylic acids is 1. The molecule has 3 nitrogen and oxygen atoms in total. The second-order valence-corrected chi connectivity index (χ2v) is 8.71. The number of fused-ring (bicyclic) bond motifs is 1. The maximum absolute atomic E-state index is 13.3. The Hall–Kier alpha value is -2.23. The molecule has 0 saturated heterocycles. The molecule has 1 atom stereocenters. The zero-order valence-electron chi connectivity index (χ0n) is 17.3. The zero-order chi connectivity index (χ0) is 23.8. The summed E-state index contributed by atoms with van der Waals surface area (Å²) in [5.74, 6) is -0.438. The first-order valence-electron chi connectivity index (χ1n) is 9.87. The van der Waals surface area contributed by atoms with Gasteiger partial charge in [-0.3, -0.25) is 4.79 Å². The summed E-state index contributed by atoms with van der Waals surface area (Å²) in [4.78, 5) is 13.9.